The average Bonchev–Trinajstić information content (AvgIpc) is 2.89. The maximum atomic E-state index is 12.0. The van der Waals surface area contributed by atoms with Crippen LogP contribution in [0.2, 0.25) is 0 Å². The van der Waals surface area contributed by atoms with Gasteiger partial charge in [0.25, 0.3) is 0 Å². The molecule has 110 valence electrons. The maximum absolute atomic E-state index is 12.0. The summed E-state index contributed by atoms with van der Waals surface area (Å²) in [6, 6.07) is 19.7. The minimum atomic E-state index is -0.145. The highest BCUT2D eigenvalue weighted by Crippen LogP contribution is 2.23. The van der Waals surface area contributed by atoms with Gasteiger partial charge in [-0.05, 0) is 17.5 Å². The lowest BCUT2D eigenvalue weighted by atomic mass is 10.1. The number of hydrogen-bond acceptors (Lipinski definition) is 4. The Labute approximate surface area is 133 Å². The fraction of sp³-hybridized carbons (Fsp3) is 0.118. The molecule has 1 fully saturated rings. The third-order valence-electron chi connectivity index (χ3n) is 3.20. The van der Waals surface area contributed by atoms with Crippen molar-refractivity contribution in [3.05, 3.63) is 71.8 Å². The number of amidine groups is 1. The summed E-state index contributed by atoms with van der Waals surface area (Å²) in [6.07, 6.45) is 2.36. The lowest BCUT2D eigenvalue weighted by Gasteiger charge is -2.04. The van der Waals surface area contributed by atoms with E-state index in [0.717, 1.165) is 11.1 Å². The zero-order chi connectivity index (χ0) is 15.2. The fourth-order valence-corrected chi connectivity index (χ4v) is 3.07. The van der Waals surface area contributed by atoms with Crippen LogP contribution in [0.5, 0.6) is 0 Å². The minimum Gasteiger partial charge on any atom is -0.303 e. The third-order valence-corrected chi connectivity index (χ3v) is 4.27. The van der Waals surface area contributed by atoms with Crippen LogP contribution in [0.15, 0.2) is 70.9 Å². The summed E-state index contributed by atoms with van der Waals surface area (Å²) in [5, 5.41) is 11.3. The van der Waals surface area contributed by atoms with Crippen molar-refractivity contribution in [3.63, 3.8) is 0 Å². The van der Waals surface area contributed by atoms with E-state index < -0.39 is 0 Å². The van der Waals surface area contributed by atoms with Crippen LogP contribution < -0.4 is 5.32 Å². The molecule has 0 aromatic heterocycles. The third kappa shape index (κ3) is 3.83. The van der Waals surface area contributed by atoms with Gasteiger partial charge in [0, 0.05) is 0 Å². The number of carbonyl (C=O) groups excluding carboxylic acids is 1. The van der Waals surface area contributed by atoms with Crippen molar-refractivity contribution in [2.75, 3.05) is 0 Å². The quantitative estimate of drug-likeness (QED) is 0.697. The van der Waals surface area contributed by atoms with Gasteiger partial charge in [-0.25, -0.2) is 0 Å². The van der Waals surface area contributed by atoms with Crippen LogP contribution in [0.4, 0.5) is 0 Å². The first-order valence-corrected chi connectivity index (χ1v) is 7.87. The summed E-state index contributed by atoms with van der Waals surface area (Å²) in [5.41, 5.74) is 2.12. The molecule has 1 N–H and O–H groups in total. The Morgan fingerprint density at radius 3 is 2.45 bits per heavy atom. The Balaban J connectivity index is 1.62. The van der Waals surface area contributed by atoms with Crippen LogP contribution in [0, 0.1) is 0 Å². The van der Waals surface area contributed by atoms with Gasteiger partial charge < -0.3 is 5.32 Å². The zero-order valence-corrected chi connectivity index (χ0v) is 12.7. The van der Waals surface area contributed by atoms with Crippen LogP contribution in [0.3, 0.4) is 0 Å². The molecular formula is C17H15N3OS. The molecule has 1 heterocycles. The topological polar surface area (TPSA) is 53.8 Å². The SMILES string of the molecule is O=C1NC(=NN=Cc2ccccc2)SC1Cc1ccccc1. The van der Waals surface area contributed by atoms with Crippen LogP contribution in [0.25, 0.3) is 0 Å². The van der Waals surface area contributed by atoms with Crippen molar-refractivity contribution in [1.82, 2.24) is 5.32 Å². The van der Waals surface area contributed by atoms with Crippen molar-refractivity contribution in [2.24, 2.45) is 10.2 Å². The number of nitrogens with one attached hydrogen (secondary N) is 1. The number of benzene rings is 2. The highest BCUT2D eigenvalue weighted by atomic mass is 32.2. The summed E-state index contributed by atoms with van der Waals surface area (Å²) in [7, 11) is 0. The monoisotopic (exact) mass is 309 g/mol. The summed E-state index contributed by atoms with van der Waals surface area (Å²) in [6.45, 7) is 0. The minimum absolute atomic E-state index is 0.0116. The van der Waals surface area contributed by atoms with E-state index in [9.17, 15) is 4.79 Å². The fourth-order valence-electron chi connectivity index (χ4n) is 2.10. The second-order valence-corrected chi connectivity index (χ2v) is 6.04. The molecule has 1 aliphatic rings. The molecule has 1 saturated heterocycles. The zero-order valence-electron chi connectivity index (χ0n) is 11.8. The van der Waals surface area contributed by atoms with Crippen molar-refractivity contribution in [3.8, 4) is 0 Å². The highest BCUT2D eigenvalue weighted by Gasteiger charge is 2.30. The van der Waals surface area contributed by atoms with Crippen LogP contribution in [-0.4, -0.2) is 22.5 Å². The van der Waals surface area contributed by atoms with E-state index in [1.54, 1.807) is 6.21 Å². The lowest BCUT2D eigenvalue weighted by Crippen LogP contribution is -2.25. The Hall–Kier alpha value is -2.40. The van der Waals surface area contributed by atoms with Gasteiger partial charge in [0.05, 0.1) is 11.5 Å². The van der Waals surface area contributed by atoms with E-state index in [2.05, 4.69) is 15.5 Å². The first-order valence-electron chi connectivity index (χ1n) is 6.99. The number of rotatable bonds is 4. The molecule has 4 nitrogen and oxygen atoms in total. The van der Waals surface area contributed by atoms with E-state index in [1.807, 2.05) is 60.7 Å². The molecule has 2 aromatic rings. The van der Waals surface area contributed by atoms with Crippen LogP contribution in [0.1, 0.15) is 11.1 Å². The largest absolute Gasteiger partial charge is 0.303 e. The van der Waals surface area contributed by atoms with E-state index in [-0.39, 0.29) is 11.2 Å². The molecule has 0 spiro atoms. The van der Waals surface area contributed by atoms with Gasteiger partial charge in [-0.3, -0.25) is 4.79 Å². The molecule has 1 aliphatic heterocycles. The Morgan fingerprint density at radius 1 is 1.05 bits per heavy atom. The molecule has 0 aliphatic carbocycles. The van der Waals surface area contributed by atoms with Gasteiger partial charge in [0.1, 0.15) is 0 Å². The predicted molar refractivity (Wildman–Crippen MR) is 91.1 cm³/mol. The number of carbonyl (C=O) groups is 1. The molecule has 0 radical (unpaired) electrons. The summed E-state index contributed by atoms with van der Waals surface area (Å²) < 4.78 is 0. The summed E-state index contributed by atoms with van der Waals surface area (Å²) in [4.78, 5) is 12.0. The van der Waals surface area contributed by atoms with Crippen molar-refractivity contribution < 1.29 is 4.79 Å². The van der Waals surface area contributed by atoms with Gasteiger partial charge >= 0.3 is 0 Å². The molecule has 2 aromatic carbocycles. The Kier molecular flexibility index (Phi) is 4.65. The normalized spacial score (nSPS) is 19.7. The van der Waals surface area contributed by atoms with Gasteiger partial charge in [-0.15, -0.1) is 5.10 Å². The molecule has 22 heavy (non-hydrogen) atoms. The second kappa shape index (κ2) is 7.04. The Bertz CT molecular complexity index is 698. The van der Waals surface area contributed by atoms with Crippen LogP contribution >= 0.6 is 11.8 Å². The molecular weight excluding hydrogens is 294 g/mol. The molecule has 5 heteroatoms. The first kappa shape index (κ1) is 14.5. The smallest absolute Gasteiger partial charge is 0.239 e. The van der Waals surface area contributed by atoms with Crippen molar-refractivity contribution in [1.29, 1.82) is 0 Å². The van der Waals surface area contributed by atoms with Gasteiger partial charge in [0.2, 0.25) is 5.91 Å². The Morgan fingerprint density at radius 2 is 1.73 bits per heavy atom. The van der Waals surface area contributed by atoms with E-state index >= 15 is 0 Å². The first-order chi connectivity index (χ1) is 10.8. The van der Waals surface area contributed by atoms with E-state index in [1.165, 1.54) is 11.8 Å². The molecule has 1 amide bonds. The van der Waals surface area contributed by atoms with Crippen molar-refractivity contribution in [2.45, 2.75) is 11.7 Å². The number of thioether (sulfide) groups is 1. The molecule has 1 atom stereocenters. The highest BCUT2D eigenvalue weighted by molar-refractivity contribution is 8.15. The lowest BCUT2D eigenvalue weighted by molar-refractivity contribution is -0.118. The predicted octanol–water partition coefficient (Wildman–Crippen LogP) is 2.85. The number of hydrogen-bond donors (Lipinski definition) is 1. The molecule has 3 rings (SSSR count). The number of nitrogens with zero attached hydrogens (tertiary/aromatic N) is 2. The van der Waals surface area contributed by atoms with Crippen LogP contribution in [-0.2, 0) is 11.2 Å². The van der Waals surface area contributed by atoms with E-state index in [0.29, 0.717) is 11.6 Å². The average molecular weight is 309 g/mol. The molecule has 1 unspecified atom stereocenters. The molecule has 0 saturated carbocycles. The van der Waals surface area contributed by atoms with Gasteiger partial charge in [0.15, 0.2) is 5.17 Å². The van der Waals surface area contributed by atoms with Gasteiger partial charge in [-0.1, -0.05) is 72.4 Å². The van der Waals surface area contributed by atoms with Crippen molar-refractivity contribution >= 4 is 29.1 Å². The van der Waals surface area contributed by atoms with Gasteiger partial charge in [-0.2, -0.15) is 5.10 Å². The number of amides is 1. The molecule has 0 bridgehead atoms. The summed E-state index contributed by atoms with van der Waals surface area (Å²) in [5.74, 6) is -0.0116. The standard InChI is InChI=1S/C17H15N3OS/c21-16-15(11-13-7-3-1-4-8-13)22-17(19-16)20-18-12-14-9-5-2-6-10-14/h1-10,12,15H,11H2,(H,19,20,21). The maximum Gasteiger partial charge on any atom is 0.239 e. The van der Waals surface area contributed by atoms with E-state index in [4.69, 9.17) is 0 Å². The summed E-state index contributed by atoms with van der Waals surface area (Å²) >= 11 is 1.42. The second-order valence-electron chi connectivity index (χ2n) is 4.85.